The number of aromatic carboxylic acids is 1. The Morgan fingerprint density at radius 1 is 1.50 bits per heavy atom. The molecule has 0 aliphatic rings. The van der Waals surface area contributed by atoms with E-state index in [9.17, 15) is 14.0 Å². The van der Waals surface area contributed by atoms with Crippen LogP contribution < -0.4 is 10.6 Å². The van der Waals surface area contributed by atoms with E-state index in [4.69, 9.17) is 5.11 Å². The van der Waals surface area contributed by atoms with Crippen molar-refractivity contribution in [1.82, 2.24) is 5.32 Å². The Hall–Kier alpha value is -2.37. The molecule has 0 aromatic heterocycles. The number of carbonyl (C=O) groups is 2. The van der Waals surface area contributed by atoms with E-state index in [-0.39, 0.29) is 11.7 Å². The van der Waals surface area contributed by atoms with E-state index in [0.717, 1.165) is 6.07 Å². The minimum absolute atomic E-state index is 0.101. The average Bonchev–Trinajstić information content (AvgIpc) is 2.28. The molecule has 0 aliphatic carbocycles. The number of carboxylic acids is 1. The van der Waals surface area contributed by atoms with Gasteiger partial charge in [0.05, 0.1) is 5.69 Å². The molecular weight excluding hydrogens is 239 g/mol. The van der Waals surface area contributed by atoms with Crippen LogP contribution in [0.1, 0.15) is 17.3 Å². The van der Waals surface area contributed by atoms with Crippen LogP contribution in [0.25, 0.3) is 0 Å². The van der Waals surface area contributed by atoms with Crippen LogP contribution in [0.4, 0.5) is 14.9 Å². The van der Waals surface area contributed by atoms with Crippen LogP contribution in [-0.2, 0) is 0 Å². The van der Waals surface area contributed by atoms with Crippen molar-refractivity contribution in [3.05, 3.63) is 42.2 Å². The first-order valence-electron chi connectivity index (χ1n) is 5.17. The van der Waals surface area contributed by atoms with Crippen molar-refractivity contribution in [2.75, 3.05) is 5.32 Å². The summed E-state index contributed by atoms with van der Waals surface area (Å²) >= 11 is 0. The Labute approximate surface area is 103 Å². The van der Waals surface area contributed by atoms with E-state index >= 15 is 0 Å². The number of hydrogen-bond acceptors (Lipinski definition) is 2. The van der Waals surface area contributed by atoms with Gasteiger partial charge in [-0.05, 0) is 19.1 Å². The third kappa shape index (κ3) is 3.31. The van der Waals surface area contributed by atoms with Gasteiger partial charge in [-0.3, -0.25) is 0 Å². The second-order valence-electron chi connectivity index (χ2n) is 3.59. The van der Waals surface area contributed by atoms with Gasteiger partial charge in [0.1, 0.15) is 11.4 Å². The van der Waals surface area contributed by atoms with E-state index in [2.05, 4.69) is 17.2 Å². The van der Waals surface area contributed by atoms with E-state index in [0.29, 0.717) is 0 Å². The molecule has 3 N–H and O–H groups in total. The summed E-state index contributed by atoms with van der Waals surface area (Å²) in [5.74, 6) is -2.35. The maximum Gasteiger partial charge on any atom is 0.340 e. The molecule has 1 unspecified atom stereocenters. The molecule has 0 spiro atoms. The summed E-state index contributed by atoms with van der Waals surface area (Å²) < 4.78 is 13.3. The minimum atomic E-state index is -1.44. The normalized spacial score (nSPS) is 11.4. The Balaban J connectivity index is 2.91. The largest absolute Gasteiger partial charge is 0.478 e. The van der Waals surface area contributed by atoms with E-state index in [1.165, 1.54) is 18.2 Å². The van der Waals surface area contributed by atoms with Crippen LogP contribution in [0.3, 0.4) is 0 Å². The lowest BCUT2D eigenvalue weighted by atomic mass is 10.1. The predicted molar refractivity (Wildman–Crippen MR) is 65.2 cm³/mol. The summed E-state index contributed by atoms with van der Waals surface area (Å²) in [4.78, 5) is 22.4. The quantitative estimate of drug-likeness (QED) is 0.719. The fourth-order valence-electron chi connectivity index (χ4n) is 1.27. The van der Waals surface area contributed by atoms with Crippen molar-refractivity contribution in [2.45, 2.75) is 13.0 Å². The minimum Gasteiger partial charge on any atom is -0.478 e. The number of anilines is 1. The van der Waals surface area contributed by atoms with Gasteiger partial charge < -0.3 is 15.7 Å². The van der Waals surface area contributed by atoms with Crippen molar-refractivity contribution < 1.29 is 19.1 Å². The molecule has 5 nitrogen and oxygen atoms in total. The molecule has 6 heteroatoms. The van der Waals surface area contributed by atoms with Crippen molar-refractivity contribution in [3.8, 4) is 0 Å². The number of carbonyl (C=O) groups excluding carboxylic acids is 1. The molecular formula is C12H13FN2O3. The zero-order chi connectivity index (χ0) is 13.7. The topological polar surface area (TPSA) is 78.4 Å². The number of urea groups is 1. The van der Waals surface area contributed by atoms with Gasteiger partial charge in [-0.25, -0.2) is 14.0 Å². The monoisotopic (exact) mass is 252 g/mol. The van der Waals surface area contributed by atoms with Gasteiger partial charge in [0.25, 0.3) is 0 Å². The molecule has 0 fully saturated rings. The summed E-state index contributed by atoms with van der Waals surface area (Å²) in [5.41, 5.74) is -0.671. The number of benzene rings is 1. The fourth-order valence-corrected chi connectivity index (χ4v) is 1.27. The molecule has 1 aromatic rings. The van der Waals surface area contributed by atoms with E-state index in [1.807, 2.05) is 0 Å². The highest BCUT2D eigenvalue weighted by molar-refractivity contribution is 6.00. The first-order chi connectivity index (χ1) is 8.45. The second-order valence-corrected chi connectivity index (χ2v) is 3.59. The van der Waals surface area contributed by atoms with Gasteiger partial charge in [0, 0.05) is 6.04 Å². The Kier molecular flexibility index (Phi) is 4.42. The molecule has 0 bridgehead atoms. The van der Waals surface area contributed by atoms with Crippen LogP contribution in [0, 0.1) is 5.82 Å². The summed E-state index contributed by atoms with van der Waals surface area (Å²) in [6.45, 7) is 5.17. The molecule has 1 atom stereocenters. The number of halogens is 1. The number of rotatable bonds is 4. The molecule has 18 heavy (non-hydrogen) atoms. The SMILES string of the molecule is C=CC(C)NC(=O)Nc1cccc(F)c1C(=O)O. The lowest BCUT2D eigenvalue weighted by Crippen LogP contribution is -2.35. The molecule has 0 radical (unpaired) electrons. The first-order valence-corrected chi connectivity index (χ1v) is 5.17. The van der Waals surface area contributed by atoms with E-state index < -0.39 is 23.4 Å². The zero-order valence-electron chi connectivity index (χ0n) is 9.74. The average molecular weight is 252 g/mol. The smallest absolute Gasteiger partial charge is 0.340 e. The number of carboxylic acid groups (broad SMARTS) is 1. The Bertz CT molecular complexity index is 488. The molecule has 0 aliphatic heterocycles. The first kappa shape index (κ1) is 13.7. The van der Waals surface area contributed by atoms with Crippen molar-refractivity contribution in [2.24, 2.45) is 0 Å². The number of amides is 2. The maximum absolute atomic E-state index is 13.3. The van der Waals surface area contributed by atoms with Gasteiger partial charge >= 0.3 is 12.0 Å². The summed E-state index contributed by atoms with van der Waals surface area (Å²) in [7, 11) is 0. The van der Waals surface area contributed by atoms with Crippen molar-refractivity contribution in [3.63, 3.8) is 0 Å². The predicted octanol–water partition coefficient (Wildman–Crippen LogP) is 2.22. The maximum atomic E-state index is 13.3. The number of nitrogens with one attached hydrogen (secondary N) is 2. The second kappa shape index (κ2) is 5.81. The van der Waals surface area contributed by atoms with Gasteiger partial charge in [0.2, 0.25) is 0 Å². The third-order valence-electron chi connectivity index (χ3n) is 2.19. The fraction of sp³-hybridized carbons (Fsp3) is 0.167. The molecule has 0 saturated carbocycles. The van der Waals surface area contributed by atoms with Gasteiger partial charge in [0.15, 0.2) is 0 Å². The highest BCUT2D eigenvalue weighted by Gasteiger charge is 2.17. The molecule has 0 saturated heterocycles. The number of hydrogen-bond donors (Lipinski definition) is 3. The van der Waals surface area contributed by atoms with Crippen molar-refractivity contribution in [1.29, 1.82) is 0 Å². The highest BCUT2D eigenvalue weighted by atomic mass is 19.1. The summed E-state index contributed by atoms with van der Waals surface area (Å²) in [5, 5.41) is 13.6. The highest BCUT2D eigenvalue weighted by Crippen LogP contribution is 2.18. The Morgan fingerprint density at radius 2 is 2.17 bits per heavy atom. The van der Waals surface area contributed by atoms with Crippen LogP contribution >= 0.6 is 0 Å². The Morgan fingerprint density at radius 3 is 2.72 bits per heavy atom. The molecule has 1 aromatic carbocycles. The van der Waals surface area contributed by atoms with E-state index in [1.54, 1.807) is 6.92 Å². The standard InChI is InChI=1S/C12H13FN2O3/c1-3-7(2)14-12(18)15-9-6-4-5-8(13)10(9)11(16)17/h3-7H,1H2,2H3,(H,16,17)(H2,14,15,18). The van der Waals surface area contributed by atoms with Crippen LogP contribution in [0.2, 0.25) is 0 Å². The lowest BCUT2D eigenvalue weighted by Gasteiger charge is -2.12. The van der Waals surface area contributed by atoms with Crippen LogP contribution in [0.5, 0.6) is 0 Å². The van der Waals surface area contributed by atoms with Crippen LogP contribution in [0.15, 0.2) is 30.9 Å². The molecule has 2 amide bonds. The third-order valence-corrected chi connectivity index (χ3v) is 2.19. The van der Waals surface area contributed by atoms with Gasteiger partial charge in [-0.1, -0.05) is 12.1 Å². The molecule has 96 valence electrons. The molecule has 0 heterocycles. The van der Waals surface area contributed by atoms with Crippen LogP contribution in [-0.4, -0.2) is 23.1 Å². The molecule has 1 rings (SSSR count). The zero-order valence-corrected chi connectivity index (χ0v) is 9.74. The summed E-state index contributed by atoms with van der Waals surface area (Å²) in [6, 6.07) is 2.72. The van der Waals surface area contributed by atoms with Gasteiger partial charge in [-0.15, -0.1) is 6.58 Å². The van der Waals surface area contributed by atoms with Gasteiger partial charge in [-0.2, -0.15) is 0 Å². The lowest BCUT2D eigenvalue weighted by molar-refractivity contribution is 0.0693. The van der Waals surface area contributed by atoms with Crippen molar-refractivity contribution >= 4 is 17.7 Å². The summed E-state index contributed by atoms with van der Waals surface area (Å²) in [6.07, 6.45) is 1.50.